The number of hydrogen-bond donors (Lipinski definition) is 1. The van der Waals surface area contributed by atoms with Crippen molar-refractivity contribution in [3.05, 3.63) is 58.3 Å². The van der Waals surface area contributed by atoms with Gasteiger partial charge in [-0.2, -0.15) is 5.26 Å². The van der Waals surface area contributed by atoms with Gasteiger partial charge in [0.15, 0.2) is 0 Å². The molecule has 19 heavy (non-hydrogen) atoms. The lowest BCUT2D eigenvalue weighted by Gasteiger charge is -2.16. The lowest BCUT2D eigenvalue weighted by atomic mass is 10.0. The maximum Gasteiger partial charge on any atom is 0.0837 e. The predicted molar refractivity (Wildman–Crippen MR) is 80.3 cm³/mol. The van der Waals surface area contributed by atoms with E-state index in [1.807, 2.05) is 30.3 Å². The number of hydrogen-bond acceptors (Lipinski definition) is 3. The predicted octanol–water partition coefficient (Wildman–Crippen LogP) is 3.58. The van der Waals surface area contributed by atoms with Gasteiger partial charge < -0.3 is 5.32 Å². The fraction of sp³-hybridized carbons (Fsp3) is 0.312. The maximum absolute atomic E-state index is 9.26. The number of benzene rings is 1. The molecule has 98 valence electrons. The summed E-state index contributed by atoms with van der Waals surface area (Å²) in [6, 6.07) is 17.0. The summed E-state index contributed by atoms with van der Waals surface area (Å²) >= 11 is 1.78. The van der Waals surface area contributed by atoms with Crippen LogP contribution >= 0.6 is 11.3 Å². The Morgan fingerprint density at radius 1 is 1.21 bits per heavy atom. The molecule has 1 aromatic heterocycles. The van der Waals surface area contributed by atoms with E-state index in [2.05, 4.69) is 35.8 Å². The second-order valence-electron chi connectivity index (χ2n) is 4.69. The highest BCUT2D eigenvalue weighted by Crippen LogP contribution is 2.15. The van der Waals surface area contributed by atoms with Gasteiger partial charge in [-0.1, -0.05) is 36.4 Å². The Balaban J connectivity index is 1.85. The molecule has 1 aromatic carbocycles. The molecule has 2 nitrogen and oxygen atoms in total. The van der Waals surface area contributed by atoms with Crippen molar-refractivity contribution >= 4 is 11.3 Å². The van der Waals surface area contributed by atoms with E-state index >= 15 is 0 Å². The summed E-state index contributed by atoms with van der Waals surface area (Å²) in [5, 5.41) is 14.8. The fourth-order valence-electron chi connectivity index (χ4n) is 2.05. The molecule has 0 saturated carbocycles. The van der Waals surface area contributed by atoms with E-state index in [0.29, 0.717) is 12.6 Å². The Hall–Kier alpha value is -1.63. The van der Waals surface area contributed by atoms with Crippen molar-refractivity contribution in [3.8, 4) is 6.07 Å². The summed E-state index contributed by atoms with van der Waals surface area (Å²) in [5.74, 6) is -0.0769. The molecule has 2 atom stereocenters. The fourth-order valence-corrected chi connectivity index (χ4v) is 2.88. The largest absolute Gasteiger partial charge is 0.312 e. The van der Waals surface area contributed by atoms with Crippen LogP contribution < -0.4 is 5.32 Å². The minimum atomic E-state index is -0.0769. The third-order valence-corrected chi connectivity index (χ3v) is 4.01. The molecule has 0 bridgehead atoms. The molecule has 3 heteroatoms. The van der Waals surface area contributed by atoms with E-state index in [-0.39, 0.29) is 5.92 Å². The zero-order valence-electron chi connectivity index (χ0n) is 11.0. The molecule has 0 radical (unpaired) electrons. The molecular formula is C16H18N2S. The van der Waals surface area contributed by atoms with Crippen LogP contribution in [0.5, 0.6) is 0 Å². The SMILES string of the molecule is CC(Cc1cccs1)NCC(C#N)c1ccccc1. The molecule has 0 amide bonds. The van der Waals surface area contributed by atoms with Gasteiger partial charge in [0.05, 0.1) is 12.0 Å². The van der Waals surface area contributed by atoms with Crippen LogP contribution in [0.3, 0.4) is 0 Å². The summed E-state index contributed by atoms with van der Waals surface area (Å²) < 4.78 is 0. The number of nitrogens with zero attached hydrogens (tertiary/aromatic N) is 1. The molecule has 0 fully saturated rings. The highest BCUT2D eigenvalue weighted by atomic mass is 32.1. The third kappa shape index (κ3) is 4.20. The molecule has 1 N–H and O–H groups in total. The molecule has 2 unspecified atom stereocenters. The minimum absolute atomic E-state index is 0.0769. The minimum Gasteiger partial charge on any atom is -0.312 e. The van der Waals surface area contributed by atoms with Crippen molar-refractivity contribution in [1.29, 1.82) is 5.26 Å². The number of rotatable bonds is 6. The van der Waals surface area contributed by atoms with E-state index in [0.717, 1.165) is 12.0 Å². The van der Waals surface area contributed by atoms with Crippen molar-refractivity contribution in [2.75, 3.05) is 6.54 Å². The van der Waals surface area contributed by atoms with Crippen molar-refractivity contribution in [3.63, 3.8) is 0 Å². The normalized spacial score (nSPS) is 13.7. The Morgan fingerprint density at radius 3 is 2.63 bits per heavy atom. The zero-order valence-corrected chi connectivity index (χ0v) is 11.9. The smallest absolute Gasteiger partial charge is 0.0837 e. The molecule has 1 heterocycles. The average Bonchev–Trinajstić information content (AvgIpc) is 2.93. The first-order chi connectivity index (χ1) is 9.29. The summed E-state index contributed by atoms with van der Waals surface area (Å²) in [6.45, 7) is 2.87. The van der Waals surface area contributed by atoms with Gasteiger partial charge in [-0.25, -0.2) is 0 Å². The first-order valence-electron chi connectivity index (χ1n) is 6.50. The summed E-state index contributed by atoms with van der Waals surface area (Å²) in [4.78, 5) is 1.38. The molecule has 0 spiro atoms. The van der Waals surface area contributed by atoms with Gasteiger partial charge >= 0.3 is 0 Å². The number of nitriles is 1. The van der Waals surface area contributed by atoms with E-state index in [4.69, 9.17) is 0 Å². The van der Waals surface area contributed by atoms with Crippen LogP contribution in [0.15, 0.2) is 47.8 Å². The molecule has 0 saturated heterocycles. The van der Waals surface area contributed by atoms with Crippen LogP contribution in [-0.2, 0) is 6.42 Å². The van der Waals surface area contributed by atoms with E-state index < -0.39 is 0 Å². The topological polar surface area (TPSA) is 35.8 Å². The van der Waals surface area contributed by atoms with Crippen molar-refractivity contribution in [1.82, 2.24) is 5.32 Å². The van der Waals surface area contributed by atoms with E-state index in [1.54, 1.807) is 11.3 Å². The Morgan fingerprint density at radius 2 is 2.00 bits per heavy atom. The third-order valence-electron chi connectivity index (χ3n) is 3.12. The molecular weight excluding hydrogens is 252 g/mol. The van der Waals surface area contributed by atoms with E-state index in [9.17, 15) is 5.26 Å². The van der Waals surface area contributed by atoms with Crippen molar-refractivity contribution in [2.45, 2.75) is 25.3 Å². The highest BCUT2D eigenvalue weighted by molar-refractivity contribution is 7.09. The van der Waals surface area contributed by atoms with E-state index in [1.165, 1.54) is 4.88 Å². The standard InChI is InChI=1S/C16H18N2S/c1-13(10-16-8-5-9-19-16)18-12-15(11-17)14-6-3-2-4-7-14/h2-9,13,15,18H,10,12H2,1H3. The maximum atomic E-state index is 9.26. The zero-order chi connectivity index (χ0) is 13.5. The second kappa shape index (κ2) is 7.08. The first kappa shape index (κ1) is 13.8. The van der Waals surface area contributed by atoms with Gasteiger partial charge in [-0.3, -0.25) is 0 Å². The molecule has 2 aromatic rings. The number of thiophene rings is 1. The number of nitrogens with one attached hydrogen (secondary N) is 1. The second-order valence-corrected chi connectivity index (χ2v) is 5.72. The van der Waals surface area contributed by atoms with Crippen molar-refractivity contribution < 1.29 is 0 Å². The lowest BCUT2D eigenvalue weighted by molar-refractivity contribution is 0.536. The molecule has 0 aliphatic rings. The average molecular weight is 270 g/mol. The first-order valence-corrected chi connectivity index (χ1v) is 7.38. The van der Waals surface area contributed by atoms with Crippen LogP contribution in [-0.4, -0.2) is 12.6 Å². The van der Waals surface area contributed by atoms with Crippen LogP contribution in [0.25, 0.3) is 0 Å². The Labute approximate surface area is 118 Å². The summed E-state index contributed by atoms with van der Waals surface area (Å²) in [5.41, 5.74) is 1.08. The Bertz CT molecular complexity index is 513. The lowest BCUT2D eigenvalue weighted by Crippen LogP contribution is -2.31. The van der Waals surface area contributed by atoms with Crippen molar-refractivity contribution in [2.24, 2.45) is 0 Å². The van der Waals surface area contributed by atoms with Crippen LogP contribution in [0.1, 0.15) is 23.3 Å². The summed E-state index contributed by atoms with van der Waals surface area (Å²) in [6.07, 6.45) is 1.02. The molecule has 2 rings (SSSR count). The van der Waals surface area contributed by atoms with Gasteiger partial charge in [-0.05, 0) is 30.4 Å². The summed E-state index contributed by atoms with van der Waals surface area (Å²) in [7, 11) is 0. The molecule has 0 aliphatic heterocycles. The van der Waals surface area contributed by atoms with Crippen LogP contribution in [0.2, 0.25) is 0 Å². The van der Waals surface area contributed by atoms with Crippen LogP contribution in [0, 0.1) is 11.3 Å². The van der Waals surface area contributed by atoms with Crippen LogP contribution in [0.4, 0.5) is 0 Å². The van der Waals surface area contributed by atoms with Gasteiger partial charge in [0.25, 0.3) is 0 Å². The van der Waals surface area contributed by atoms with Gasteiger partial charge in [-0.15, -0.1) is 11.3 Å². The van der Waals surface area contributed by atoms with Gasteiger partial charge in [0.2, 0.25) is 0 Å². The van der Waals surface area contributed by atoms with Gasteiger partial charge in [0.1, 0.15) is 0 Å². The molecule has 0 aliphatic carbocycles. The highest BCUT2D eigenvalue weighted by Gasteiger charge is 2.12. The Kier molecular flexibility index (Phi) is 5.14. The monoisotopic (exact) mass is 270 g/mol. The quantitative estimate of drug-likeness (QED) is 0.871. The van der Waals surface area contributed by atoms with Gasteiger partial charge in [0, 0.05) is 17.5 Å².